The first-order chi connectivity index (χ1) is 13.2. The summed E-state index contributed by atoms with van der Waals surface area (Å²) >= 11 is 1.24. The number of aromatic nitrogens is 3. The van der Waals surface area contributed by atoms with Gasteiger partial charge in [0.05, 0.1) is 31.8 Å². The number of ether oxygens (including phenoxy) is 1. The van der Waals surface area contributed by atoms with Crippen molar-refractivity contribution in [1.29, 1.82) is 0 Å². The Morgan fingerprint density at radius 1 is 1.43 bits per heavy atom. The molecule has 3 rings (SSSR count). The largest absolute Gasteiger partial charge is 0.432 e. The number of halogens is 3. The third-order valence-electron chi connectivity index (χ3n) is 3.99. The predicted molar refractivity (Wildman–Crippen MR) is 89.7 cm³/mol. The Morgan fingerprint density at radius 3 is 2.86 bits per heavy atom. The van der Waals surface area contributed by atoms with Gasteiger partial charge >= 0.3 is 6.18 Å². The molecule has 1 saturated heterocycles. The predicted octanol–water partition coefficient (Wildman–Crippen LogP) is 0.519. The average molecular weight is 419 g/mol. The van der Waals surface area contributed by atoms with E-state index < -0.39 is 35.0 Å². The molecule has 152 valence electrons. The summed E-state index contributed by atoms with van der Waals surface area (Å²) in [5.41, 5.74) is -1.53. The van der Waals surface area contributed by atoms with E-state index in [4.69, 9.17) is 4.74 Å². The number of hydrogen-bond acceptors (Lipinski definition) is 7. The average Bonchev–Trinajstić information content (AvgIpc) is 3.30. The van der Waals surface area contributed by atoms with Crippen LogP contribution in [-0.4, -0.2) is 75.5 Å². The van der Waals surface area contributed by atoms with Crippen molar-refractivity contribution >= 4 is 23.2 Å². The maximum absolute atomic E-state index is 12.7. The van der Waals surface area contributed by atoms with Gasteiger partial charge in [0.25, 0.3) is 11.8 Å². The van der Waals surface area contributed by atoms with Crippen LogP contribution in [0.3, 0.4) is 0 Å². The quantitative estimate of drug-likeness (QED) is 0.665. The normalized spacial score (nSPS) is 20.6. The number of aliphatic hydroxyl groups is 1. The lowest BCUT2D eigenvalue weighted by atomic mass is 10.0. The third-order valence-corrected chi connectivity index (χ3v) is 4.58. The summed E-state index contributed by atoms with van der Waals surface area (Å²) < 4.78 is 43.4. The van der Waals surface area contributed by atoms with Gasteiger partial charge in [-0.25, -0.2) is 4.98 Å². The van der Waals surface area contributed by atoms with Crippen LogP contribution in [0.5, 0.6) is 0 Å². The molecule has 3 heterocycles. The van der Waals surface area contributed by atoms with E-state index in [-0.39, 0.29) is 38.5 Å². The summed E-state index contributed by atoms with van der Waals surface area (Å²) in [6, 6.07) is 0.608. The van der Waals surface area contributed by atoms with Crippen molar-refractivity contribution in [3.8, 4) is 0 Å². The molecule has 1 aliphatic heterocycles. The topological polar surface area (TPSA) is 120 Å². The van der Waals surface area contributed by atoms with Gasteiger partial charge in [-0.05, 0) is 0 Å². The van der Waals surface area contributed by atoms with Crippen molar-refractivity contribution in [3.05, 3.63) is 34.0 Å². The second-order valence-corrected chi connectivity index (χ2v) is 6.94. The van der Waals surface area contributed by atoms with Crippen LogP contribution in [-0.2, 0) is 10.9 Å². The van der Waals surface area contributed by atoms with Crippen molar-refractivity contribution in [3.63, 3.8) is 0 Å². The molecule has 1 fully saturated rings. The van der Waals surface area contributed by atoms with E-state index in [1.807, 2.05) is 0 Å². The van der Waals surface area contributed by atoms with Crippen LogP contribution in [0, 0.1) is 0 Å². The molecule has 3 N–H and O–H groups in total. The molecule has 2 amide bonds. The Labute approximate surface area is 160 Å². The summed E-state index contributed by atoms with van der Waals surface area (Å²) in [6.07, 6.45) is -4.66. The second kappa shape index (κ2) is 7.85. The molecule has 1 aliphatic rings. The van der Waals surface area contributed by atoms with Gasteiger partial charge in [-0.2, -0.15) is 18.3 Å². The van der Waals surface area contributed by atoms with Crippen LogP contribution in [0.1, 0.15) is 26.7 Å². The minimum atomic E-state index is -4.66. The molecular weight excluding hydrogens is 403 g/mol. The highest BCUT2D eigenvalue weighted by Gasteiger charge is 2.38. The fraction of sp³-hybridized carbons (Fsp3) is 0.467. The van der Waals surface area contributed by atoms with E-state index in [0.29, 0.717) is 6.07 Å². The number of nitrogens with zero attached hydrogens (tertiary/aromatic N) is 3. The Kier molecular flexibility index (Phi) is 5.67. The molecule has 2 aromatic rings. The highest BCUT2D eigenvalue weighted by Crippen LogP contribution is 2.28. The van der Waals surface area contributed by atoms with Crippen molar-refractivity contribution in [2.24, 2.45) is 0 Å². The number of hydrogen-bond donors (Lipinski definition) is 3. The van der Waals surface area contributed by atoms with Crippen LogP contribution >= 0.6 is 11.3 Å². The van der Waals surface area contributed by atoms with Crippen molar-refractivity contribution in [1.82, 2.24) is 25.4 Å². The number of nitrogens with one attached hydrogen (secondary N) is 2. The number of aromatic amines is 1. The van der Waals surface area contributed by atoms with Crippen molar-refractivity contribution < 1.29 is 32.6 Å². The smallest absolute Gasteiger partial charge is 0.384 e. The first-order valence-electron chi connectivity index (χ1n) is 8.06. The molecule has 2 aromatic heterocycles. The molecule has 0 radical (unpaired) electrons. The minimum absolute atomic E-state index is 0.0510. The Bertz CT molecular complexity index is 841. The zero-order valence-electron chi connectivity index (χ0n) is 14.3. The summed E-state index contributed by atoms with van der Waals surface area (Å²) in [4.78, 5) is 29.5. The lowest BCUT2D eigenvalue weighted by Gasteiger charge is -2.30. The molecule has 0 aromatic carbocycles. The minimum Gasteiger partial charge on any atom is -0.384 e. The van der Waals surface area contributed by atoms with Crippen LogP contribution in [0.25, 0.3) is 0 Å². The fourth-order valence-corrected chi connectivity index (χ4v) is 3.13. The zero-order valence-corrected chi connectivity index (χ0v) is 15.1. The van der Waals surface area contributed by atoms with Crippen LogP contribution in [0.4, 0.5) is 13.2 Å². The molecule has 0 aliphatic carbocycles. The lowest BCUT2D eigenvalue weighted by Crippen LogP contribution is -2.53. The van der Waals surface area contributed by atoms with Gasteiger partial charge in [-0.1, -0.05) is 0 Å². The first-order valence-corrected chi connectivity index (χ1v) is 9.01. The molecular formula is C15H16F3N5O4S. The molecule has 28 heavy (non-hydrogen) atoms. The van der Waals surface area contributed by atoms with Gasteiger partial charge in [0.15, 0.2) is 5.69 Å². The maximum atomic E-state index is 12.7. The van der Waals surface area contributed by atoms with Crippen LogP contribution < -0.4 is 5.32 Å². The molecule has 0 saturated carbocycles. The highest BCUT2D eigenvalue weighted by atomic mass is 32.1. The Balaban J connectivity index is 1.67. The van der Waals surface area contributed by atoms with Gasteiger partial charge in [0, 0.05) is 18.0 Å². The SMILES string of the molecule is O=C(NC[C@@]1(O)COCCN(C(=O)c2cc(C(F)(F)F)[nH]n2)C1)c1cscn1. The second-order valence-electron chi connectivity index (χ2n) is 6.22. The number of thiazole rings is 1. The molecule has 9 nitrogen and oxygen atoms in total. The highest BCUT2D eigenvalue weighted by molar-refractivity contribution is 7.07. The van der Waals surface area contributed by atoms with Crippen molar-refractivity contribution in [2.45, 2.75) is 11.8 Å². The third kappa shape index (κ3) is 4.66. The summed E-state index contributed by atoms with van der Waals surface area (Å²) in [5, 5.41) is 20.0. The fourth-order valence-electron chi connectivity index (χ4n) is 2.60. The van der Waals surface area contributed by atoms with Crippen LogP contribution in [0.2, 0.25) is 0 Å². The van der Waals surface area contributed by atoms with Gasteiger partial charge in [0.1, 0.15) is 17.0 Å². The maximum Gasteiger partial charge on any atom is 0.432 e. The Morgan fingerprint density at radius 2 is 2.21 bits per heavy atom. The van der Waals surface area contributed by atoms with E-state index in [0.717, 1.165) is 4.90 Å². The van der Waals surface area contributed by atoms with E-state index in [9.17, 15) is 27.9 Å². The van der Waals surface area contributed by atoms with E-state index in [1.165, 1.54) is 22.2 Å². The van der Waals surface area contributed by atoms with Crippen LogP contribution in [0.15, 0.2) is 17.0 Å². The molecule has 0 bridgehead atoms. The molecule has 13 heteroatoms. The number of amides is 2. The molecule has 0 spiro atoms. The monoisotopic (exact) mass is 419 g/mol. The number of carbonyl (C=O) groups excluding carboxylic acids is 2. The summed E-state index contributed by atoms with van der Waals surface area (Å²) in [7, 11) is 0. The van der Waals surface area contributed by atoms with Gasteiger partial charge < -0.3 is 20.1 Å². The van der Waals surface area contributed by atoms with Gasteiger partial charge in [0.2, 0.25) is 0 Å². The summed E-state index contributed by atoms with van der Waals surface area (Å²) in [5.74, 6) is -1.29. The van der Waals surface area contributed by atoms with E-state index in [2.05, 4.69) is 15.4 Å². The molecule has 1 atom stereocenters. The summed E-state index contributed by atoms with van der Waals surface area (Å²) in [6.45, 7) is -0.526. The number of carbonyl (C=O) groups is 2. The van der Waals surface area contributed by atoms with Gasteiger partial charge in [-0.3, -0.25) is 14.7 Å². The standard InChI is InChI=1S/C15H16F3N5O4S/c16-15(17,18)11-3-9(21-22-11)13(25)23-1-2-27-7-14(26,6-23)5-19-12(24)10-4-28-8-20-10/h3-4,8,26H,1-2,5-7H2,(H,19,24)(H,21,22)/t14-/m0/s1. The number of H-pyrrole nitrogens is 1. The first kappa shape index (κ1) is 20.2. The number of alkyl halides is 3. The van der Waals surface area contributed by atoms with Gasteiger partial charge in [-0.15, -0.1) is 11.3 Å². The molecule has 0 unspecified atom stereocenters. The Hall–Kier alpha value is -2.51. The van der Waals surface area contributed by atoms with E-state index >= 15 is 0 Å². The number of rotatable bonds is 4. The van der Waals surface area contributed by atoms with Crippen molar-refractivity contribution in [2.75, 3.05) is 32.8 Å². The zero-order chi connectivity index (χ0) is 20.4. The lowest BCUT2D eigenvalue weighted by molar-refractivity contribution is -0.141. The number of β-amino-alcohol motifs (C(OH)–C–C–N with tert-alkyl or cyclic N) is 1. The van der Waals surface area contributed by atoms with E-state index in [1.54, 1.807) is 5.10 Å².